The molecule has 0 N–H and O–H groups in total. The first kappa shape index (κ1) is 18.6. The van der Waals surface area contributed by atoms with Crippen LogP contribution in [0.1, 0.15) is 28.9 Å². The van der Waals surface area contributed by atoms with Gasteiger partial charge in [0, 0.05) is 45.8 Å². The Labute approximate surface area is 166 Å². The van der Waals surface area contributed by atoms with E-state index in [0.717, 1.165) is 64.5 Å². The number of benzene rings is 1. The Morgan fingerprint density at radius 1 is 0.893 bits per heavy atom. The molecule has 0 atom stereocenters. The second-order valence-corrected chi connectivity index (χ2v) is 7.38. The standard InChI is InChI=1S/C22H27N5O/c28-22(27-13-4-5-14-27)20-10-11-21(24-23-20)26-17-15-25(16-18-26)12-6-9-19-7-2-1-3-8-19/h1-3,6-11H,4-5,12-18H2/b9-6+. The minimum Gasteiger partial charge on any atom is -0.353 e. The summed E-state index contributed by atoms with van der Waals surface area (Å²) in [6.45, 7) is 6.47. The molecule has 0 radical (unpaired) electrons. The summed E-state index contributed by atoms with van der Waals surface area (Å²) in [5, 5.41) is 8.51. The second kappa shape index (κ2) is 8.97. The van der Waals surface area contributed by atoms with Gasteiger partial charge in [-0.05, 0) is 30.5 Å². The van der Waals surface area contributed by atoms with Gasteiger partial charge in [-0.15, -0.1) is 10.2 Å². The van der Waals surface area contributed by atoms with E-state index in [2.05, 4.69) is 56.4 Å². The number of piperazine rings is 1. The van der Waals surface area contributed by atoms with Crippen LogP contribution in [0.3, 0.4) is 0 Å². The zero-order valence-electron chi connectivity index (χ0n) is 16.2. The summed E-state index contributed by atoms with van der Waals surface area (Å²) < 4.78 is 0. The molecule has 4 rings (SSSR count). The number of hydrogen-bond donors (Lipinski definition) is 0. The molecule has 3 heterocycles. The van der Waals surface area contributed by atoms with E-state index in [1.54, 1.807) is 0 Å². The number of hydrogen-bond acceptors (Lipinski definition) is 5. The Morgan fingerprint density at radius 2 is 1.64 bits per heavy atom. The molecule has 0 spiro atoms. The van der Waals surface area contributed by atoms with E-state index in [1.165, 1.54) is 5.56 Å². The predicted octanol–water partition coefficient (Wildman–Crippen LogP) is 2.55. The van der Waals surface area contributed by atoms with E-state index < -0.39 is 0 Å². The van der Waals surface area contributed by atoms with Crippen molar-refractivity contribution < 1.29 is 4.79 Å². The number of rotatable bonds is 5. The topological polar surface area (TPSA) is 52.6 Å². The van der Waals surface area contributed by atoms with Gasteiger partial charge in [0.2, 0.25) is 0 Å². The molecule has 2 saturated heterocycles. The molecule has 2 aliphatic rings. The minimum absolute atomic E-state index is 0.00609. The molecular weight excluding hydrogens is 350 g/mol. The first-order chi connectivity index (χ1) is 13.8. The molecule has 2 fully saturated rings. The van der Waals surface area contributed by atoms with Crippen molar-refractivity contribution in [3.8, 4) is 0 Å². The number of carbonyl (C=O) groups is 1. The van der Waals surface area contributed by atoms with Crippen molar-refractivity contribution in [3.63, 3.8) is 0 Å². The number of aromatic nitrogens is 2. The normalized spacial score (nSPS) is 18.1. The second-order valence-electron chi connectivity index (χ2n) is 7.38. The Hall–Kier alpha value is -2.73. The van der Waals surface area contributed by atoms with Gasteiger partial charge in [-0.25, -0.2) is 0 Å². The van der Waals surface area contributed by atoms with Gasteiger partial charge < -0.3 is 9.80 Å². The molecule has 1 aromatic carbocycles. The summed E-state index contributed by atoms with van der Waals surface area (Å²) >= 11 is 0. The Kier molecular flexibility index (Phi) is 5.97. The number of nitrogens with zero attached hydrogens (tertiary/aromatic N) is 5. The molecular formula is C22H27N5O. The zero-order valence-corrected chi connectivity index (χ0v) is 16.2. The van der Waals surface area contributed by atoms with Crippen molar-refractivity contribution in [2.45, 2.75) is 12.8 Å². The van der Waals surface area contributed by atoms with Crippen LogP contribution >= 0.6 is 0 Å². The molecule has 6 nitrogen and oxygen atoms in total. The van der Waals surface area contributed by atoms with Gasteiger partial charge in [-0.2, -0.15) is 0 Å². The van der Waals surface area contributed by atoms with E-state index in [1.807, 2.05) is 23.1 Å². The molecule has 0 saturated carbocycles. The lowest BCUT2D eigenvalue weighted by molar-refractivity contribution is 0.0786. The van der Waals surface area contributed by atoms with Crippen LogP contribution < -0.4 is 4.90 Å². The average molecular weight is 377 g/mol. The molecule has 28 heavy (non-hydrogen) atoms. The van der Waals surface area contributed by atoms with Crippen LogP contribution in [-0.4, -0.2) is 71.7 Å². The Morgan fingerprint density at radius 3 is 2.32 bits per heavy atom. The van der Waals surface area contributed by atoms with Gasteiger partial charge in [-0.3, -0.25) is 9.69 Å². The molecule has 2 aromatic rings. The maximum absolute atomic E-state index is 12.4. The number of anilines is 1. The monoisotopic (exact) mass is 377 g/mol. The van der Waals surface area contributed by atoms with E-state index >= 15 is 0 Å². The fourth-order valence-corrected chi connectivity index (χ4v) is 3.75. The largest absolute Gasteiger partial charge is 0.353 e. The maximum atomic E-state index is 12.4. The van der Waals surface area contributed by atoms with Crippen LogP contribution in [-0.2, 0) is 0 Å². The summed E-state index contributed by atoms with van der Waals surface area (Å²) in [5.74, 6) is 0.865. The maximum Gasteiger partial charge on any atom is 0.274 e. The van der Waals surface area contributed by atoms with Crippen molar-refractivity contribution >= 4 is 17.8 Å². The molecule has 0 unspecified atom stereocenters. The Balaban J connectivity index is 1.26. The first-order valence-electron chi connectivity index (χ1n) is 10.1. The highest BCUT2D eigenvalue weighted by Gasteiger charge is 2.22. The van der Waals surface area contributed by atoms with Gasteiger partial charge in [-0.1, -0.05) is 42.5 Å². The smallest absolute Gasteiger partial charge is 0.274 e. The molecule has 1 aromatic heterocycles. The average Bonchev–Trinajstić information content (AvgIpc) is 3.30. The van der Waals surface area contributed by atoms with Crippen molar-refractivity contribution in [2.75, 3.05) is 50.7 Å². The van der Waals surface area contributed by atoms with Crippen LogP contribution in [0, 0.1) is 0 Å². The van der Waals surface area contributed by atoms with Crippen molar-refractivity contribution in [3.05, 3.63) is 59.8 Å². The van der Waals surface area contributed by atoms with E-state index in [-0.39, 0.29) is 5.91 Å². The summed E-state index contributed by atoms with van der Waals surface area (Å²) in [5.41, 5.74) is 1.69. The zero-order chi connectivity index (χ0) is 19.2. The third-order valence-electron chi connectivity index (χ3n) is 5.43. The molecule has 1 amide bonds. The quantitative estimate of drug-likeness (QED) is 0.802. The first-order valence-corrected chi connectivity index (χ1v) is 10.1. The third kappa shape index (κ3) is 4.57. The predicted molar refractivity (Wildman–Crippen MR) is 111 cm³/mol. The van der Waals surface area contributed by atoms with Gasteiger partial charge in [0.15, 0.2) is 11.5 Å². The lowest BCUT2D eigenvalue weighted by Crippen LogP contribution is -2.46. The van der Waals surface area contributed by atoms with E-state index in [9.17, 15) is 4.79 Å². The number of amides is 1. The molecule has 0 aliphatic carbocycles. The molecule has 2 aliphatic heterocycles. The fourth-order valence-electron chi connectivity index (χ4n) is 3.75. The Bertz CT molecular complexity index is 791. The fraction of sp³-hybridized carbons (Fsp3) is 0.409. The van der Waals surface area contributed by atoms with E-state index in [0.29, 0.717) is 5.69 Å². The van der Waals surface area contributed by atoms with Crippen LogP contribution in [0.15, 0.2) is 48.5 Å². The van der Waals surface area contributed by atoms with E-state index in [4.69, 9.17) is 0 Å². The van der Waals surface area contributed by atoms with Gasteiger partial charge >= 0.3 is 0 Å². The van der Waals surface area contributed by atoms with Crippen molar-refractivity contribution in [1.82, 2.24) is 20.0 Å². The highest BCUT2D eigenvalue weighted by Crippen LogP contribution is 2.15. The molecule has 146 valence electrons. The third-order valence-corrected chi connectivity index (χ3v) is 5.43. The lowest BCUT2D eigenvalue weighted by atomic mass is 10.2. The SMILES string of the molecule is O=C(c1ccc(N2CCN(C/C=C/c3ccccc3)CC2)nn1)N1CCCC1. The molecule has 0 bridgehead atoms. The minimum atomic E-state index is 0.00609. The van der Waals surface area contributed by atoms with Crippen LogP contribution in [0.2, 0.25) is 0 Å². The van der Waals surface area contributed by atoms with Crippen LogP contribution in [0.5, 0.6) is 0 Å². The number of carbonyl (C=O) groups excluding carboxylic acids is 1. The number of likely N-dealkylation sites (tertiary alicyclic amines) is 1. The van der Waals surface area contributed by atoms with Gasteiger partial charge in [0.05, 0.1) is 0 Å². The van der Waals surface area contributed by atoms with Crippen LogP contribution in [0.4, 0.5) is 5.82 Å². The summed E-state index contributed by atoms with van der Waals surface area (Å²) in [7, 11) is 0. The summed E-state index contributed by atoms with van der Waals surface area (Å²) in [4.78, 5) is 18.9. The lowest BCUT2D eigenvalue weighted by Gasteiger charge is -2.34. The summed E-state index contributed by atoms with van der Waals surface area (Å²) in [6.07, 6.45) is 6.57. The van der Waals surface area contributed by atoms with Crippen molar-refractivity contribution in [1.29, 1.82) is 0 Å². The highest BCUT2D eigenvalue weighted by atomic mass is 16.2. The molecule has 6 heteroatoms. The highest BCUT2D eigenvalue weighted by molar-refractivity contribution is 5.92. The van der Waals surface area contributed by atoms with Crippen LogP contribution in [0.25, 0.3) is 6.08 Å². The summed E-state index contributed by atoms with van der Waals surface area (Å²) in [6, 6.07) is 14.1. The van der Waals surface area contributed by atoms with Gasteiger partial charge in [0.25, 0.3) is 5.91 Å². The van der Waals surface area contributed by atoms with Gasteiger partial charge in [0.1, 0.15) is 0 Å². The van der Waals surface area contributed by atoms with Crippen molar-refractivity contribution in [2.24, 2.45) is 0 Å².